The zero-order chi connectivity index (χ0) is 9.52. The fourth-order valence-corrected chi connectivity index (χ4v) is 0.898. The summed E-state index contributed by atoms with van der Waals surface area (Å²) >= 11 is 0. The number of nitrogens with zero attached hydrogens (tertiary/aromatic N) is 1. The van der Waals surface area contributed by atoms with Crippen LogP contribution in [0.4, 0.5) is 10.5 Å². The van der Waals surface area contributed by atoms with Crippen LogP contribution in [0.5, 0.6) is 0 Å². The first-order chi connectivity index (χ1) is 6.33. The average Bonchev–Trinajstić information content (AvgIpc) is 2.16. The van der Waals surface area contributed by atoms with Crippen molar-refractivity contribution in [3.8, 4) is 0 Å². The molecule has 0 fully saturated rings. The van der Waals surface area contributed by atoms with E-state index in [4.69, 9.17) is 0 Å². The van der Waals surface area contributed by atoms with Gasteiger partial charge in [-0.05, 0) is 18.6 Å². The summed E-state index contributed by atoms with van der Waals surface area (Å²) in [5.41, 5.74) is 0.785. The summed E-state index contributed by atoms with van der Waals surface area (Å²) < 4.78 is 0. The van der Waals surface area contributed by atoms with Crippen molar-refractivity contribution >= 4 is 11.7 Å². The van der Waals surface area contributed by atoms with Crippen LogP contribution in [0, 0.1) is 0 Å². The third-order valence-electron chi connectivity index (χ3n) is 1.50. The van der Waals surface area contributed by atoms with Crippen molar-refractivity contribution in [3.05, 3.63) is 30.3 Å². The van der Waals surface area contributed by atoms with Crippen LogP contribution in [0.3, 0.4) is 0 Å². The highest BCUT2D eigenvalue weighted by Crippen LogP contribution is 2.04. The van der Waals surface area contributed by atoms with Gasteiger partial charge >= 0.3 is 6.03 Å². The number of para-hydroxylation sites is 1. The lowest BCUT2D eigenvalue weighted by Gasteiger charge is -2.03. The highest BCUT2D eigenvalue weighted by atomic mass is 16.2. The molecule has 0 spiro atoms. The lowest BCUT2D eigenvalue weighted by Crippen LogP contribution is -2.22. The second kappa shape index (κ2) is 5.19. The molecule has 0 unspecified atom stereocenters. The monoisotopic (exact) mass is 177 g/mol. The molecule has 0 aliphatic heterocycles. The fourth-order valence-electron chi connectivity index (χ4n) is 0.898. The molecule has 69 valence electrons. The quantitative estimate of drug-likeness (QED) is 0.755. The molecule has 1 rings (SSSR count). The predicted molar refractivity (Wildman–Crippen MR) is 52.8 cm³/mol. The SMILES string of the molecule is CCC[N]C(=O)Nc1ccccc1. The van der Waals surface area contributed by atoms with Crippen LogP contribution in [-0.2, 0) is 0 Å². The van der Waals surface area contributed by atoms with Gasteiger partial charge in [-0.3, -0.25) is 0 Å². The van der Waals surface area contributed by atoms with Gasteiger partial charge in [0.1, 0.15) is 0 Å². The van der Waals surface area contributed by atoms with E-state index in [2.05, 4.69) is 10.6 Å². The zero-order valence-electron chi connectivity index (χ0n) is 7.66. The molecule has 0 aliphatic rings. The molecular weight excluding hydrogens is 164 g/mol. The van der Waals surface area contributed by atoms with Gasteiger partial charge in [-0.2, -0.15) is 0 Å². The van der Waals surface area contributed by atoms with E-state index in [0.717, 1.165) is 12.1 Å². The van der Waals surface area contributed by atoms with Gasteiger partial charge in [-0.25, -0.2) is 10.1 Å². The number of urea groups is 1. The second-order valence-corrected chi connectivity index (χ2v) is 2.68. The summed E-state index contributed by atoms with van der Waals surface area (Å²) in [4.78, 5) is 11.1. The summed E-state index contributed by atoms with van der Waals surface area (Å²) in [6.45, 7) is 2.57. The fraction of sp³-hybridized carbons (Fsp3) is 0.300. The van der Waals surface area contributed by atoms with Gasteiger partial charge in [0, 0.05) is 12.2 Å². The van der Waals surface area contributed by atoms with Crippen LogP contribution >= 0.6 is 0 Å². The van der Waals surface area contributed by atoms with E-state index in [-0.39, 0.29) is 6.03 Å². The molecule has 1 N–H and O–H groups in total. The maximum atomic E-state index is 11.1. The zero-order valence-corrected chi connectivity index (χ0v) is 7.66. The highest BCUT2D eigenvalue weighted by molar-refractivity contribution is 5.88. The summed E-state index contributed by atoms with van der Waals surface area (Å²) in [6, 6.07) is 9.04. The molecule has 0 bridgehead atoms. The highest BCUT2D eigenvalue weighted by Gasteiger charge is 1.99. The Labute approximate surface area is 78.2 Å². The van der Waals surface area contributed by atoms with E-state index < -0.39 is 0 Å². The van der Waals surface area contributed by atoms with Crippen molar-refractivity contribution in [2.45, 2.75) is 13.3 Å². The van der Waals surface area contributed by atoms with Crippen LogP contribution in [0.15, 0.2) is 30.3 Å². The molecule has 0 saturated heterocycles. The molecule has 0 aliphatic carbocycles. The smallest absolute Gasteiger partial charge is 0.306 e. The Hall–Kier alpha value is -1.51. The minimum absolute atomic E-state index is 0.270. The van der Waals surface area contributed by atoms with Crippen molar-refractivity contribution in [1.29, 1.82) is 0 Å². The van der Waals surface area contributed by atoms with E-state index in [0.29, 0.717) is 6.54 Å². The molecular formula is C10H13N2O. The van der Waals surface area contributed by atoms with E-state index >= 15 is 0 Å². The van der Waals surface area contributed by atoms with Crippen LogP contribution in [0.1, 0.15) is 13.3 Å². The summed E-state index contributed by atoms with van der Waals surface area (Å²) in [7, 11) is 0. The maximum absolute atomic E-state index is 11.1. The minimum Gasteiger partial charge on any atom is -0.306 e. The van der Waals surface area contributed by atoms with Gasteiger partial charge in [-0.15, -0.1) is 0 Å². The van der Waals surface area contributed by atoms with Gasteiger partial charge in [0.05, 0.1) is 0 Å². The normalized spacial score (nSPS) is 9.31. The first-order valence-corrected chi connectivity index (χ1v) is 4.36. The topological polar surface area (TPSA) is 43.2 Å². The minimum atomic E-state index is -0.270. The molecule has 13 heavy (non-hydrogen) atoms. The van der Waals surface area contributed by atoms with Gasteiger partial charge in [0.2, 0.25) is 0 Å². The summed E-state index contributed by atoms with van der Waals surface area (Å²) in [5.74, 6) is 0. The van der Waals surface area contributed by atoms with Crippen LogP contribution in [0.25, 0.3) is 0 Å². The van der Waals surface area contributed by atoms with Gasteiger partial charge in [0.15, 0.2) is 0 Å². The Kier molecular flexibility index (Phi) is 3.82. The van der Waals surface area contributed by atoms with Gasteiger partial charge < -0.3 is 5.32 Å². The maximum Gasteiger partial charge on any atom is 0.340 e. The molecule has 0 aromatic heterocycles. The molecule has 1 radical (unpaired) electrons. The molecule has 1 aromatic rings. The summed E-state index contributed by atoms with van der Waals surface area (Å²) in [5, 5.41) is 6.46. The first-order valence-electron chi connectivity index (χ1n) is 4.36. The average molecular weight is 177 g/mol. The molecule has 3 nitrogen and oxygen atoms in total. The number of benzene rings is 1. The third-order valence-corrected chi connectivity index (χ3v) is 1.50. The number of amides is 2. The lowest BCUT2D eigenvalue weighted by atomic mass is 10.3. The van der Waals surface area contributed by atoms with E-state index in [1.54, 1.807) is 0 Å². The van der Waals surface area contributed by atoms with Crippen molar-refractivity contribution in [3.63, 3.8) is 0 Å². The van der Waals surface area contributed by atoms with Crippen molar-refractivity contribution in [2.24, 2.45) is 0 Å². The number of carbonyl (C=O) groups excluding carboxylic acids is 1. The van der Waals surface area contributed by atoms with Crippen molar-refractivity contribution in [1.82, 2.24) is 5.32 Å². The number of anilines is 1. The molecule has 0 saturated carbocycles. The standard InChI is InChI=1S/C10H13N2O/c1-2-8-11-10(13)12-9-6-4-3-5-7-9/h3-7H,2,8H2,1H3,(H,12,13). The van der Waals surface area contributed by atoms with E-state index in [9.17, 15) is 4.79 Å². The van der Waals surface area contributed by atoms with E-state index in [1.165, 1.54) is 0 Å². The van der Waals surface area contributed by atoms with Gasteiger partial charge in [0.25, 0.3) is 0 Å². The van der Waals surface area contributed by atoms with Crippen LogP contribution in [-0.4, -0.2) is 12.6 Å². The predicted octanol–water partition coefficient (Wildman–Crippen LogP) is 2.23. The van der Waals surface area contributed by atoms with Gasteiger partial charge in [-0.1, -0.05) is 25.1 Å². The molecule has 1 aromatic carbocycles. The van der Waals surface area contributed by atoms with Crippen molar-refractivity contribution in [2.75, 3.05) is 11.9 Å². The van der Waals surface area contributed by atoms with E-state index in [1.807, 2.05) is 37.3 Å². The Morgan fingerprint density at radius 2 is 2.08 bits per heavy atom. The van der Waals surface area contributed by atoms with Crippen LogP contribution in [0.2, 0.25) is 0 Å². The molecule has 2 amide bonds. The number of rotatable bonds is 3. The molecule has 0 atom stereocenters. The molecule has 3 heteroatoms. The van der Waals surface area contributed by atoms with Crippen LogP contribution < -0.4 is 10.6 Å². The van der Waals surface area contributed by atoms with Crippen molar-refractivity contribution < 1.29 is 4.79 Å². The Morgan fingerprint density at radius 1 is 1.38 bits per heavy atom. The second-order valence-electron chi connectivity index (χ2n) is 2.68. The number of hydrogen-bond donors (Lipinski definition) is 1. The Balaban J connectivity index is 2.37. The first kappa shape index (κ1) is 9.58. The largest absolute Gasteiger partial charge is 0.340 e. The number of hydrogen-bond acceptors (Lipinski definition) is 1. The lowest BCUT2D eigenvalue weighted by molar-refractivity contribution is 0.251. The number of carbonyl (C=O) groups is 1. The third kappa shape index (κ3) is 3.60. The Morgan fingerprint density at radius 3 is 2.69 bits per heavy atom. The Bertz CT molecular complexity index is 259. The number of nitrogens with one attached hydrogen (secondary N) is 1. The molecule has 0 heterocycles. The summed E-state index contributed by atoms with van der Waals surface area (Å²) in [6.07, 6.45) is 0.891.